The second kappa shape index (κ2) is 11.2. The average molecular weight is 677 g/mol. The molecule has 2 nitrogen and oxygen atoms in total. The molecule has 0 bridgehead atoms. The Morgan fingerprint density at radius 2 is 0.962 bits per heavy atom. The van der Waals surface area contributed by atoms with Crippen molar-refractivity contribution in [1.29, 1.82) is 0 Å². The first-order valence-corrected chi connectivity index (χ1v) is 18.5. The molecule has 2 heteroatoms. The third-order valence-corrected chi connectivity index (χ3v) is 11.7. The van der Waals surface area contributed by atoms with Crippen LogP contribution in [-0.2, 0) is 5.41 Å². The molecule has 10 aromatic rings. The number of hydrogen-bond donors (Lipinski definition) is 0. The first-order chi connectivity index (χ1) is 26.1. The zero-order valence-corrected chi connectivity index (χ0v) is 29.7. The normalized spacial score (nSPS) is 13.2. The predicted molar refractivity (Wildman–Crippen MR) is 224 cm³/mol. The van der Waals surface area contributed by atoms with Crippen molar-refractivity contribution < 1.29 is 0 Å². The molecule has 0 spiro atoms. The van der Waals surface area contributed by atoms with E-state index in [-0.39, 0.29) is 5.41 Å². The number of hydrogen-bond acceptors (Lipinski definition) is 0. The highest BCUT2D eigenvalue weighted by Gasteiger charge is 2.35. The molecular formula is C51H36N2. The van der Waals surface area contributed by atoms with Crippen LogP contribution in [0.3, 0.4) is 0 Å². The van der Waals surface area contributed by atoms with Gasteiger partial charge in [-0.3, -0.25) is 0 Å². The Hall–Kier alpha value is -6.64. The van der Waals surface area contributed by atoms with Gasteiger partial charge in [0, 0.05) is 38.3 Å². The molecule has 1 aliphatic carbocycles. The van der Waals surface area contributed by atoms with Crippen molar-refractivity contribution in [2.24, 2.45) is 0 Å². The number of para-hydroxylation sites is 2. The zero-order valence-electron chi connectivity index (χ0n) is 29.7. The van der Waals surface area contributed by atoms with E-state index < -0.39 is 0 Å². The number of benzene rings is 8. The number of aromatic nitrogens is 2. The van der Waals surface area contributed by atoms with Crippen molar-refractivity contribution in [2.45, 2.75) is 19.3 Å². The topological polar surface area (TPSA) is 9.86 Å². The summed E-state index contributed by atoms with van der Waals surface area (Å²) in [6.45, 7) is 4.72. The van der Waals surface area contributed by atoms with Gasteiger partial charge in [-0.1, -0.05) is 147 Å². The first-order valence-electron chi connectivity index (χ1n) is 18.5. The SMILES string of the molecule is CC1(C)c2ccccc2-c2ccc(-n3c4ccccc4c4c3ccc3c5ccccc5n(-c5ccc(-c6cccc(-c7ccccc7)c6)cc5)c34)cc21. The van der Waals surface area contributed by atoms with Gasteiger partial charge in [0.1, 0.15) is 0 Å². The molecule has 0 fully saturated rings. The fourth-order valence-corrected chi connectivity index (χ4v) is 9.20. The molecule has 1 aliphatic rings. The van der Waals surface area contributed by atoms with E-state index in [1.165, 1.54) is 93.8 Å². The summed E-state index contributed by atoms with van der Waals surface area (Å²) in [5.74, 6) is 0. The molecular weight excluding hydrogens is 641 g/mol. The lowest BCUT2D eigenvalue weighted by atomic mass is 9.82. The van der Waals surface area contributed by atoms with Crippen LogP contribution in [0.4, 0.5) is 0 Å². The molecule has 2 heterocycles. The Labute approximate surface area is 308 Å². The summed E-state index contributed by atoms with van der Waals surface area (Å²) < 4.78 is 4.96. The summed E-state index contributed by atoms with van der Waals surface area (Å²) in [5.41, 5.74) is 17.5. The van der Waals surface area contributed by atoms with Gasteiger partial charge >= 0.3 is 0 Å². The van der Waals surface area contributed by atoms with Crippen molar-refractivity contribution in [3.63, 3.8) is 0 Å². The second-order valence-corrected chi connectivity index (χ2v) is 15.0. The van der Waals surface area contributed by atoms with Crippen molar-refractivity contribution in [2.75, 3.05) is 0 Å². The molecule has 0 unspecified atom stereocenters. The maximum absolute atomic E-state index is 2.48. The molecule has 0 saturated carbocycles. The molecule has 0 amide bonds. The van der Waals surface area contributed by atoms with E-state index in [0.717, 1.165) is 5.69 Å². The van der Waals surface area contributed by atoms with Gasteiger partial charge in [0.25, 0.3) is 0 Å². The maximum Gasteiger partial charge on any atom is 0.0641 e. The van der Waals surface area contributed by atoms with Crippen LogP contribution in [-0.4, -0.2) is 9.13 Å². The highest BCUT2D eigenvalue weighted by Crippen LogP contribution is 2.50. The lowest BCUT2D eigenvalue weighted by Crippen LogP contribution is -2.15. The van der Waals surface area contributed by atoms with Gasteiger partial charge in [-0.25, -0.2) is 0 Å². The van der Waals surface area contributed by atoms with Crippen LogP contribution in [0, 0.1) is 0 Å². The van der Waals surface area contributed by atoms with Crippen molar-refractivity contribution >= 4 is 43.6 Å². The fourth-order valence-electron chi connectivity index (χ4n) is 9.20. The minimum absolute atomic E-state index is 0.0740. The summed E-state index contributed by atoms with van der Waals surface area (Å²) in [5, 5.41) is 5.06. The number of fused-ring (bicyclic) bond motifs is 10. The van der Waals surface area contributed by atoms with Crippen LogP contribution < -0.4 is 0 Å². The summed E-state index contributed by atoms with van der Waals surface area (Å²) in [6.07, 6.45) is 0. The van der Waals surface area contributed by atoms with E-state index in [0.29, 0.717) is 0 Å². The molecule has 0 atom stereocenters. The minimum atomic E-state index is -0.0740. The lowest BCUT2D eigenvalue weighted by Gasteiger charge is -2.22. The smallest absolute Gasteiger partial charge is 0.0641 e. The largest absolute Gasteiger partial charge is 0.309 e. The second-order valence-electron chi connectivity index (χ2n) is 15.0. The van der Waals surface area contributed by atoms with E-state index in [1.807, 2.05) is 0 Å². The van der Waals surface area contributed by atoms with E-state index in [4.69, 9.17) is 0 Å². The monoisotopic (exact) mass is 676 g/mol. The quantitative estimate of drug-likeness (QED) is 0.176. The van der Waals surface area contributed by atoms with Gasteiger partial charge < -0.3 is 9.13 Å². The third kappa shape index (κ3) is 4.33. The van der Waals surface area contributed by atoms with Crippen LogP contribution in [0.2, 0.25) is 0 Å². The molecule has 0 N–H and O–H groups in total. The van der Waals surface area contributed by atoms with E-state index >= 15 is 0 Å². The molecule has 0 saturated heterocycles. The van der Waals surface area contributed by atoms with Gasteiger partial charge in [-0.05, 0) is 93.0 Å². The van der Waals surface area contributed by atoms with Gasteiger partial charge in [-0.15, -0.1) is 0 Å². The predicted octanol–water partition coefficient (Wildman–Crippen LogP) is 13.5. The van der Waals surface area contributed by atoms with Gasteiger partial charge in [0.15, 0.2) is 0 Å². The average Bonchev–Trinajstić information content (AvgIpc) is 3.81. The summed E-state index contributed by atoms with van der Waals surface area (Å²) in [4.78, 5) is 0. The van der Waals surface area contributed by atoms with Crippen LogP contribution in [0.5, 0.6) is 0 Å². The van der Waals surface area contributed by atoms with Crippen molar-refractivity contribution in [3.05, 3.63) is 193 Å². The summed E-state index contributed by atoms with van der Waals surface area (Å²) in [7, 11) is 0. The molecule has 53 heavy (non-hydrogen) atoms. The minimum Gasteiger partial charge on any atom is -0.309 e. The zero-order chi connectivity index (χ0) is 35.3. The Morgan fingerprint density at radius 3 is 1.75 bits per heavy atom. The van der Waals surface area contributed by atoms with Gasteiger partial charge in [-0.2, -0.15) is 0 Å². The first kappa shape index (κ1) is 30.0. The fraction of sp³-hybridized carbons (Fsp3) is 0.0588. The molecule has 0 aliphatic heterocycles. The highest BCUT2D eigenvalue weighted by molar-refractivity contribution is 6.26. The maximum atomic E-state index is 2.48. The molecule has 250 valence electrons. The molecule has 8 aromatic carbocycles. The summed E-state index contributed by atoms with van der Waals surface area (Å²) in [6, 6.07) is 67.0. The Kier molecular flexibility index (Phi) is 6.33. The standard InChI is InChI=1S/C51H36N2/c1-51(2)44-20-9-6-17-39(44)40-28-27-38(32-45(40)51)52-47-22-11-8-19-43(47)49-48(52)30-29-42-41-18-7-10-21-46(41)53(50(42)49)37-25-23-34(24-26-37)36-16-12-15-35(31-36)33-13-4-3-5-14-33/h3-32H,1-2H3. The molecule has 0 radical (unpaired) electrons. The Morgan fingerprint density at radius 1 is 0.358 bits per heavy atom. The van der Waals surface area contributed by atoms with Crippen LogP contribution in [0.1, 0.15) is 25.0 Å². The van der Waals surface area contributed by atoms with E-state index in [1.54, 1.807) is 0 Å². The van der Waals surface area contributed by atoms with Crippen LogP contribution >= 0.6 is 0 Å². The molecule has 2 aromatic heterocycles. The van der Waals surface area contributed by atoms with Crippen LogP contribution in [0.15, 0.2) is 182 Å². The Bertz CT molecular complexity index is 3060. The van der Waals surface area contributed by atoms with E-state index in [2.05, 4.69) is 205 Å². The number of rotatable bonds is 4. The van der Waals surface area contributed by atoms with Crippen molar-refractivity contribution in [1.82, 2.24) is 9.13 Å². The summed E-state index contributed by atoms with van der Waals surface area (Å²) >= 11 is 0. The highest BCUT2D eigenvalue weighted by atomic mass is 15.0. The number of nitrogens with zero attached hydrogens (tertiary/aromatic N) is 2. The third-order valence-electron chi connectivity index (χ3n) is 11.7. The van der Waals surface area contributed by atoms with Crippen molar-refractivity contribution in [3.8, 4) is 44.8 Å². The van der Waals surface area contributed by atoms with Crippen LogP contribution in [0.25, 0.3) is 88.4 Å². The van der Waals surface area contributed by atoms with Gasteiger partial charge in [0.05, 0.1) is 22.1 Å². The van der Waals surface area contributed by atoms with Gasteiger partial charge in [0.2, 0.25) is 0 Å². The van der Waals surface area contributed by atoms with E-state index in [9.17, 15) is 0 Å². The Balaban J connectivity index is 1.13. The lowest BCUT2D eigenvalue weighted by molar-refractivity contribution is 0.660. The molecule has 11 rings (SSSR count).